The standard InChI is InChI=1S/C15H26/c1-4-7-9-10-12-14-15(6-3)13-11-8-5-2/h15H,1-2,5-6,8-14H2,3H3. The fourth-order valence-electron chi connectivity index (χ4n) is 1.90. The van der Waals surface area contributed by atoms with Crippen LogP contribution >= 0.6 is 0 Å². The van der Waals surface area contributed by atoms with Crippen molar-refractivity contribution in [2.75, 3.05) is 0 Å². The number of unbranched alkanes of at least 4 members (excludes halogenated alkanes) is 4. The minimum atomic E-state index is 0.935. The molecule has 0 fully saturated rings. The van der Waals surface area contributed by atoms with Crippen molar-refractivity contribution in [1.29, 1.82) is 0 Å². The van der Waals surface area contributed by atoms with E-state index in [0.29, 0.717) is 0 Å². The van der Waals surface area contributed by atoms with Gasteiger partial charge in [0, 0.05) is 13.3 Å². The molecule has 86 valence electrons. The van der Waals surface area contributed by atoms with E-state index in [1.807, 2.05) is 0 Å². The number of hydrogen-bond donors (Lipinski definition) is 0. The second-order valence-electron chi connectivity index (χ2n) is 4.22. The lowest BCUT2D eigenvalue weighted by Crippen LogP contribution is -1.98. The molecule has 2 radical (unpaired) electrons. The van der Waals surface area contributed by atoms with Crippen molar-refractivity contribution in [3.05, 3.63) is 13.8 Å². The third-order valence-corrected chi connectivity index (χ3v) is 2.98. The molecule has 0 aromatic carbocycles. The van der Waals surface area contributed by atoms with Crippen molar-refractivity contribution in [2.24, 2.45) is 5.92 Å². The smallest absolute Gasteiger partial charge is 0.0198 e. The van der Waals surface area contributed by atoms with Gasteiger partial charge in [-0.15, -0.1) is 11.8 Å². The lowest BCUT2D eigenvalue weighted by Gasteiger charge is -2.13. The van der Waals surface area contributed by atoms with Crippen LogP contribution in [0.15, 0.2) is 0 Å². The molecule has 0 amide bonds. The Kier molecular flexibility index (Phi) is 11.3. The van der Waals surface area contributed by atoms with Crippen molar-refractivity contribution < 1.29 is 0 Å². The molecule has 0 aromatic heterocycles. The summed E-state index contributed by atoms with van der Waals surface area (Å²) in [7, 11) is 0. The first-order valence-corrected chi connectivity index (χ1v) is 6.39. The van der Waals surface area contributed by atoms with E-state index < -0.39 is 0 Å². The molecule has 0 saturated heterocycles. The lowest BCUT2D eigenvalue weighted by atomic mass is 9.93. The van der Waals surface area contributed by atoms with Gasteiger partial charge in [0.15, 0.2) is 0 Å². The predicted molar refractivity (Wildman–Crippen MR) is 69.2 cm³/mol. The Bertz CT molecular complexity index is 170. The fraction of sp³-hybridized carbons (Fsp3) is 0.733. The Balaban J connectivity index is 3.38. The topological polar surface area (TPSA) is 0 Å². The van der Waals surface area contributed by atoms with Gasteiger partial charge in [0.1, 0.15) is 0 Å². The molecule has 0 N–H and O–H groups in total. The molecular formula is C15H26. The quantitative estimate of drug-likeness (QED) is 0.375. The van der Waals surface area contributed by atoms with Crippen LogP contribution in [0.5, 0.6) is 0 Å². The minimum Gasteiger partial charge on any atom is -0.103 e. The van der Waals surface area contributed by atoms with Gasteiger partial charge in [0.25, 0.3) is 0 Å². The summed E-state index contributed by atoms with van der Waals surface area (Å²) < 4.78 is 0. The molecule has 0 heteroatoms. The summed E-state index contributed by atoms with van der Waals surface area (Å²) in [5.41, 5.74) is 0. The van der Waals surface area contributed by atoms with Crippen LogP contribution in [0.25, 0.3) is 0 Å². The van der Waals surface area contributed by atoms with Crippen molar-refractivity contribution >= 4 is 0 Å². The second kappa shape index (κ2) is 11.6. The van der Waals surface area contributed by atoms with Crippen LogP contribution in [0.3, 0.4) is 0 Å². The van der Waals surface area contributed by atoms with E-state index >= 15 is 0 Å². The van der Waals surface area contributed by atoms with Gasteiger partial charge in [0.2, 0.25) is 0 Å². The van der Waals surface area contributed by atoms with Crippen LogP contribution in [-0.4, -0.2) is 0 Å². The highest BCUT2D eigenvalue weighted by molar-refractivity contribution is 5.00. The van der Waals surface area contributed by atoms with Crippen LogP contribution < -0.4 is 0 Å². The first-order valence-electron chi connectivity index (χ1n) is 6.39. The zero-order valence-electron chi connectivity index (χ0n) is 10.4. The Morgan fingerprint density at radius 3 is 2.27 bits per heavy atom. The molecule has 0 aromatic rings. The van der Waals surface area contributed by atoms with Gasteiger partial charge in [0.05, 0.1) is 0 Å². The van der Waals surface area contributed by atoms with E-state index in [4.69, 9.17) is 0 Å². The van der Waals surface area contributed by atoms with Gasteiger partial charge in [-0.2, -0.15) is 0 Å². The van der Waals surface area contributed by atoms with Gasteiger partial charge in [-0.25, -0.2) is 0 Å². The van der Waals surface area contributed by atoms with E-state index in [-0.39, 0.29) is 0 Å². The zero-order valence-corrected chi connectivity index (χ0v) is 10.4. The molecule has 0 aliphatic rings. The number of hydrogen-bond acceptors (Lipinski definition) is 0. The van der Waals surface area contributed by atoms with Crippen LogP contribution in [0.1, 0.15) is 64.7 Å². The second-order valence-corrected chi connectivity index (χ2v) is 4.22. The maximum absolute atomic E-state index is 3.88. The van der Waals surface area contributed by atoms with Crippen LogP contribution in [0.2, 0.25) is 0 Å². The molecule has 0 aliphatic carbocycles. The van der Waals surface area contributed by atoms with Crippen LogP contribution in [-0.2, 0) is 0 Å². The fourth-order valence-corrected chi connectivity index (χ4v) is 1.90. The van der Waals surface area contributed by atoms with Gasteiger partial charge < -0.3 is 0 Å². The van der Waals surface area contributed by atoms with Crippen molar-refractivity contribution in [3.63, 3.8) is 0 Å². The maximum atomic E-state index is 3.88. The summed E-state index contributed by atoms with van der Waals surface area (Å²) in [6.07, 6.45) is 11.5. The molecule has 0 aliphatic heterocycles. The van der Waals surface area contributed by atoms with E-state index in [1.165, 1.54) is 44.9 Å². The molecule has 0 rings (SSSR count). The highest BCUT2D eigenvalue weighted by atomic mass is 14.1. The molecular weight excluding hydrogens is 180 g/mol. The minimum absolute atomic E-state index is 0.935. The Morgan fingerprint density at radius 2 is 1.73 bits per heavy atom. The molecule has 1 atom stereocenters. The van der Waals surface area contributed by atoms with Gasteiger partial charge >= 0.3 is 0 Å². The molecule has 0 saturated carbocycles. The lowest BCUT2D eigenvalue weighted by molar-refractivity contribution is 0.403. The zero-order chi connectivity index (χ0) is 11.4. The first-order chi connectivity index (χ1) is 7.35. The normalized spacial score (nSPS) is 11.9. The monoisotopic (exact) mass is 206 g/mol. The molecule has 0 nitrogen and oxygen atoms in total. The molecule has 1 unspecified atom stereocenters. The van der Waals surface area contributed by atoms with Gasteiger partial charge in [-0.05, 0) is 12.3 Å². The summed E-state index contributed by atoms with van der Waals surface area (Å²) >= 11 is 0. The van der Waals surface area contributed by atoms with Crippen molar-refractivity contribution in [1.82, 2.24) is 0 Å². The van der Waals surface area contributed by atoms with E-state index in [1.54, 1.807) is 0 Å². The highest BCUT2D eigenvalue weighted by Gasteiger charge is 2.04. The van der Waals surface area contributed by atoms with Crippen LogP contribution in [0.4, 0.5) is 0 Å². The highest BCUT2D eigenvalue weighted by Crippen LogP contribution is 2.20. The van der Waals surface area contributed by atoms with E-state index in [2.05, 4.69) is 32.6 Å². The summed E-state index contributed by atoms with van der Waals surface area (Å²) in [4.78, 5) is 0. The summed E-state index contributed by atoms with van der Waals surface area (Å²) in [5.74, 6) is 6.66. The average molecular weight is 206 g/mol. The van der Waals surface area contributed by atoms with Gasteiger partial charge in [-0.3, -0.25) is 0 Å². The Morgan fingerprint density at radius 1 is 1.07 bits per heavy atom. The molecule has 0 spiro atoms. The third-order valence-electron chi connectivity index (χ3n) is 2.98. The number of rotatable bonds is 9. The van der Waals surface area contributed by atoms with E-state index in [9.17, 15) is 0 Å². The van der Waals surface area contributed by atoms with Gasteiger partial charge in [-0.1, -0.05) is 58.8 Å². The predicted octanol–water partition coefficient (Wildman–Crippen LogP) is 4.80. The first kappa shape index (κ1) is 14.6. The SMILES string of the molecule is [CH2]C#CCCCCC(CC)CCCC[CH2]. The van der Waals surface area contributed by atoms with Crippen molar-refractivity contribution in [2.45, 2.75) is 64.7 Å². The average Bonchev–Trinajstić information content (AvgIpc) is 2.26. The molecule has 15 heavy (non-hydrogen) atoms. The Labute approximate surface area is 96.8 Å². The molecule has 0 heterocycles. The summed E-state index contributed by atoms with van der Waals surface area (Å²) in [5, 5.41) is 0. The largest absolute Gasteiger partial charge is 0.103 e. The van der Waals surface area contributed by atoms with Crippen LogP contribution in [0, 0.1) is 31.6 Å². The Hall–Kier alpha value is -0.440. The summed E-state index contributed by atoms with van der Waals surface area (Å²) in [6, 6.07) is 0. The third kappa shape index (κ3) is 9.85. The maximum Gasteiger partial charge on any atom is 0.0198 e. The van der Waals surface area contributed by atoms with E-state index in [0.717, 1.165) is 18.8 Å². The summed E-state index contributed by atoms with van der Waals surface area (Å²) in [6.45, 7) is 9.71. The van der Waals surface area contributed by atoms with Crippen molar-refractivity contribution in [3.8, 4) is 11.8 Å². The molecule has 0 bridgehead atoms.